The third-order valence-corrected chi connectivity index (χ3v) is 6.23. The highest BCUT2D eigenvalue weighted by atomic mass is 16.5. The van der Waals surface area contributed by atoms with E-state index >= 15 is 0 Å². The van der Waals surface area contributed by atoms with Gasteiger partial charge < -0.3 is 9.84 Å². The average molecular weight is 436 g/mol. The van der Waals surface area contributed by atoms with Gasteiger partial charge in [-0.05, 0) is 61.9 Å². The topological polar surface area (TPSA) is 105 Å². The third-order valence-electron chi connectivity index (χ3n) is 6.23. The Morgan fingerprint density at radius 1 is 1.16 bits per heavy atom. The molecule has 0 spiro atoms. The van der Waals surface area contributed by atoms with Crippen molar-refractivity contribution in [2.75, 3.05) is 13.1 Å². The molecule has 1 saturated heterocycles. The highest BCUT2D eigenvalue weighted by molar-refractivity contribution is 6.09. The molecule has 4 rings (SSSR count). The largest absolute Gasteiger partial charge is 0.481 e. The van der Waals surface area contributed by atoms with E-state index in [1.807, 2.05) is 18.3 Å². The number of nitrogens with zero attached hydrogens (tertiary/aromatic N) is 2. The lowest BCUT2D eigenvalue weighted by atomic mass is 9.84. The van der Waals surface area contributed by atoms with Crippen LogP contribution in [0, 0.1) is 5.92 Å². The third kappa shape index (κ3) is 4.99. The second-order valence-electron chi connectivity index (χ2n) is 8.82. The summed E-state index contributed by atoms with van der Waals surface area (Å²) in [6.45, 7) is 3.68. The van der Waals surface area contributed by atoms with Crippen molar-refractivity contribution in [1.82, 2.24) is 5.01 Å². The van der Waals surface area contributed by atoms with Crippen LogP contribution in [0.15, 0.2) is 47.6 Å². The molecule has 3 N–H and O–H groups in total. The maximum Gasteiger partial charge on any atom is 0.303 e. The average Bonchev–Trinajstić information content (AvgIpc) is 2.78. The first-order valence-electron chi connectivity index (χ1n) is 11.1. The van der Waals surface area contributed by atoms with Crippen LogP contribution >= 0.6 is 0 Å². The molecule has 2 aliphatic heterocycles. The van der Waals surface area contributed by atoms with Gasteiger partial charge >= 0.3 is 5.97 Å². The minimum atomic E-state index is -1.07. The van der Waals surface area contributed by atoms with Gasteiger partial charge in [0, 0.05) is 30.1 Å². The second-order valence-corrected chi connectivity index (χ2v) is 8.82. The molecule has 2 unspecified atom stereocenters. The normalized spacial score (nSPS) is 22.9. The van der Waals surface area contributed by atoms with Crippen LogP contribution in [0.5, 0.6) is 5.75 Å². The number of rotatable bonds is 6. The Kier molecular flexibility index (Phi) is 6.28. The fraction of sp³-hybridized carbons (Fsp3) is 0.400. The summed E-state index contributed by atoms with van der Waals surface area (Å²) in [5.41, 5.74) is 8.00. The Bertz CT molecular complexity index is 1020. The molecule has 168 valence electrons. The van der Waals surface area contributed by atoms with E-state index in [0.717, 1.165) is 24.2 Å². The predicted molar refractivity (Wildman–Crippen MR) is 122 cm³/mol. The Balaban J connectivity index is 1.48. The van der Waals surface area contributed by atoms with Crippen LogP contribution in [0.4, 0.5) is 0 Å². The van der Waals surface area contributed by atoms with Gasteiger partial charge in [-0.25, -0.2) is 0 Å². The number of hydrogen-bond acceptors (Lipinski definition) is 6. The van der Waals surface area contributed by atoms with E-state index in [2.05, 4.69) is 10.1 Å². The highest BCUT2D eigenvalue weighted by Crippen LogP contribution is 2.37. The molecule has 0 aliphatic carbocycles. The number of carbonyl (C=O) groups excluding carboxylic acids is 1. The van der Waals surface area contributed by atoms with Crippen LogP contribution in [0.1, 0.15) is 59.7 Å². The fourth-order valence-electron chi connectivity index (χ4n) is 4.28. The molecule has 0 bridgehead atoms. The number of carboxylic acid groups (broad SMARTS) is 1. The number of nitrogens with two attached hydrogens (primary N) is 1. The summed E-state index contributed by atoms with van der Waals surface area (Å²) in [5.74, 6) is -0.799. The summed E-state index contributed by atoms with van der Waals surface area (Å²) in [4.78, 5) is 24.2. The molecule has 2 aromatic rings. The van der Waals surface area contributed by atoms with Crippen molar-refractivity contribution >= 4 is 18.0 Å². The molecule has 7 heteroatoms. The molecule has 0 saturated carbocycles. The van der Waals surface area contributed by atoms with Crippen molar-refractivity contribution in [1.29, 1.82) is 0 Å². The Labute approximate surface area is 187 Å². The number of carboxylic acids is 1. The maximum atomic E-state index is 13.0. The van der Waals surface area contributed by atoms with Gasteiger partial charge in [-0.1, -0.05) is 24.3 Å². The SMILES string of the molecule is CC1(N)Oc2ccc(C(=O)c3ccc(C=NN4CCCCC4)cc3)cc2CC1CC(=O)O. The van der Waals surface area contributed by atoms with Gasteiger partial charge in [0.15, 0.2) is 11.5 Å². The molecule has 0 aromatic heterocycles. The molecule has 2 aliphatic rings. The molecule has 7 nitrogen and oxygen atoms in total. The minimum Gasteiger partial charge on any atom is -0.481 e. The van der Waals surface area contributed by atoms with Crippen LogP contribution in [0.3, 0.4) is 0 Å². The predicted octanol–water partition coefficient (Wildman–Crippen LogP) is 3.44. The van der Waals surface area contributed by atoms with Crippen molar-refractivity contribution in [2.45, 2.75) is 44.8 Å². The number of ketones is 1. The Hall–Kier alpha value is -3.19. The first kappa shape index (κ1) is 22.0. The molecule has 1 fully saturated rings. The van der Waals surface area contributed by atoms with E-state index in [1.165, 1.54) is 19.3 Å². The van der Waals surface area contributed by atoms with Gasteiger partial charge in [-0.2, -0.15) is 5.10 Å². The molecule has 0 amide bonds. The van der Waals surface area contributed by atoms with E-state index in [0.29, 0.717) is 23.3 Å². The number of piperidine rings is 1. The van der Waals surface area contributed by atoms with Crippen molar-refractivity contribution in [3.63, 3.8) is 0 Å². The zero-order chi connectivity index (χ0) is 22.7. The lowest BCUT2D eigenvalue weighted by Crippen LogP contribution is -2.53. The van der Waals surface area contributed by atoms with Gasteiger partial charge in [-0.15, -0.1) is 0 Å². The maximum absolute atomic E-state index is 13.0. The zero-order valence-electron chi connectivity index (χ0n) is 18.3. The molecule has 2 heterocycles. The highest BCUT2D eigenvalue weighted by Gasteiger charge is 2.39. The molecular formula is C25H29N3O4. The number of carbonyl (C=O) groups is 2. The standard InChI is InChI=1S/C25H29N3O4/c1-25(26)21(15-23(29)30)14-20-13-19(9-10-22(20)32-25)24(31)18-7-5-17(6-8-18)16-27-28-11-3-2-4-12-28/h5-10,13,16,21H,2-4,11-12,14-15,26H2,1H3,(H,29,30). The lowest BCUT2D eigenvalue weighted by Gasteiger charge is -2.39. The Morgan fingerprint density at radius 2 is 1.84 bits per heavy atom. The van der Waals surface area contributed by atoms with E-state index in [4.69, 9.17) is 10.5 Å². The van der Waals surface area contributed by atoms with E-state index in [1.54, 1.807) is 37.3 Å². The monoisotopic (exact) mass is 435 g/mol. The molecule has 2 atom stereocenters. The number of hydrogen-bond donors (Lipinski definition) is 2. The summed E-state index contributed by atoms with van der Waals surface area (Å²) >= 11 is 0. The van der Waals surface area contributed by atoms with Crippen molar-refractivity contribution in [2.24, 2.45) is 16.8 Å². The lowest BCUT2D eigenvalue weighted by molar-refractivity contribution is -0.140. The number of fused-ring (bicyclic) bond motifs is 1. The van der Waals surface area contributed by atoms with Gasteiger partial charge in [0.25, 0.3) is 0 Å². The molecule has 0 radical (unpaired) electrons. The van der Waals surface area contributed by atoms with Gasteiger partial charge in [0.1, 0.15) is 5.75 Å². The fourth-order valence-corrected chi connectivity index (χ4v) is 4.28. The number of hydrazone groups is 1. The quantitative estimate of drug-likeness (QED) is 0.532. The van der Waals surface area contributed by atoms with Crippen LogP contribution in [0.25, 0.3) is 0 Å². The summed E-state index contributed by atoms with van der Waals surface area (Å²) in [5, 5.41) is 15.8. The zero-order valence-corrected chi connectivity index (χ0v) is 18.3. The summed E-state index contributed by atoms with van der Waals surface area (Å²) < 4.78 is 5.85. The van der Waals surface area contributed by atoms with Gasteiger partial charge in [-0.3, -0.25) is 20.3 Å². The molecule has 32 heavy (non-hydrogen) atoms. The number of benzene rings is 2. The van der Waals surface area contributed by atoms with Crippen molar-refractivity contribution < 1.29 is 19.4 Å². The summed E-state index contributed by atoms with van der Waals surface area (Å²) in [7, 11) is 0. The van der Waals surface area contributed by atoms with Crippen molar-refractivity contribution in [3.05, 3.63) is 64.7 Å². The van der Waals surface area contributed by atoms with Gasteiger partial charge in [0.2, 0.25) is 0 Å². The second kappa shape index (κ2) is 9.12. The minimum absolute atomic E-state index is 0.0922. The smallest absolute Gasteiger partial charge is 0.303 e. The molecule has 2 aromatic carbocycles. The number of ether oxygens (including phenoxy) is 1. The molecular weight excluding hydrogens is 406 g/mol. The van der Waals surface area contributed by atoms with Crippen LogP contribution in [-0.4, -0.2) is 46.9 Å². The van der Waals surface area contributed by atoms with E-state index in [-0.39, 0.29) is 18.1 Å². The van der Waals surface area contributed by atoms with Crippen molar-refractivity contribution in [3.8, 4) is 5.75 Å². The van der Waals surface area contributed by atoms with Crippen LogP contribution in [-0.2, 0) is 11.2 Å². The van der Waals surface area contributed by atoms with Crippen LogP contribution < -0.4 is 10.5 Å². The first-order chi connectivity index (χ1) is 15.3. The van der Waals surface area contributed by atoms with Gasteiger partial charge in [0.05, 0.1) is 12.6 Å². The first-order valence-corrected chi connectivity index (χ1v) is 11.1. The summed E-state index contributed by atoms with van der Waals surface area (Å²) in [6.07, 6.45) is 5.81. The summed E-state index contributed by atoms with van der Waals surface area (Å²) in [6, 6.07) is 12.6. The van der Waals surface area contributed by atoms with Crippen LogP contribution in [0.2, 0.25) is 0 Å². The van der Waals surface area contributed by atoms with E-state index in [9.17, 15) is 14.7 Å². The Morgan fingerprint density at radius 3 is 2.53 bits per heavy atom. The number of aliphatic carboxylic acids is 1. The van der Waals surface area contributed by atoms with E-state index < -0.39 is 11.7 Å².